The highest BCUT2D eigenvalue weighted by atomic mass is 31.2. The second-order valence-corrected chi connectivity index (χ2v) is 11.6. The van der Waals surface area contributed by atoms with Crippen molar-refractivity contribution in [1.82, 2.24) is 0 Å². The largest absolute Gasteiger partial charge is 0.470 e. The highest BCUT2D eigenvalue weighted by Crippen LogP contribution is 2.70. The summed E-state index contributed by atoms with van der Waals surface area (Å²) in [6, 6.07) is 0. The number of carbonyl (C=O) groups is 2. The fourth-order valence-electron chi connectivity index (χ4n) is 7.39. The van der Waals surface area contributed by atoms with Crippen LogP contribution in [-0.4, -0.2) is 55.5 Å². The quantitative estimate of drug-likeness (QED) is 0.456. The Balaban J connectivity index is 1.74. The van der Waals surface area contributed by atoms with E-state index in [1.54, 1.807) is 20.8 Å². The zero-order chi connectivity index (χ0) is 23.9. The summed E-state index contributed by atoms with van der Waals surface area (Å²) in [7, 11) is -4.93. The van der Waals surface area contributed by atoms with Crippen molar-refractivity contribution in [3.63, 3.8) is 0 Å². The monoisotopic (exact) mass is 472 g/mol. The summed E-state index contributed by atoms with van der Waals surface area (Å²) < 4.78 is 32.5. The number of halogens is 1. The number of hydrogen-bond acceptors (Lipinski definition) is 6. The molecule has 0 aromatic rings. The molecule has 4 rings (SSSR count). The van der Waals surface area contributed by atoms with Gasteiger partial charge in [-0.05, 0) is 56.6 Å². The topological polar surface area (TPSA) is 141 Å². The molecular formula is C22H30FO8P. The molecule has 4 aliphatic carbocycles. The Bertz CT molecular complexity index is 973. The van der Waals surface area contributed by atoms with Gasteiger partial charge in [0.1, 0.15) is 12.2 Å². The van der Waals surface area contributed by atoms with Crippen molar-refractivity contribution in [2.24, 2.45) is 28.6 Å². The number of fused-ring (bicyclic) bond motifs is 5. The number of hydrogen-bond donors (Lipinski definition) is 4. The Morgan fingerprint density at radius 2 is 1.97 bits per heavy atom. The van der Waals surface area contributed by atoms with E-state index in [0.29, 0.717) is 24.8 Å². The molecule has 0 aromatic heterocycles. The minimum atomic E-state index is -4.93. The van der Waals surface area contributed by atoms with Crippen LogP contribution >= 0.6 is 7.82 Å². The van der Waals surface area contributed by atoms with Crippen molar-refractivity contribution in [2.75, 3.05) is 6.61 Å². The Morgan fingerprint density at radius 3 is 2.59 bits per heavy atom. The summed E-state index contributed by atoms with van der Waals surface area (Å²) in [5.41, 5.74) is -5.88. The van der Waals surface area contributed by atoms with Crippen molar-refractivity contribution in [3.05, 3.63) is 23.8 Å². The molecular weight excluding hydrogens is 442 g/mol. The lowest BCUT2D eigenvalue weighted by molar-refractivity contribution is -0.219. The van der Waals surface area contributed by atoms with Crippen molar-refractivity contribution in [3.8, 4) is 0 Å². The van der Waals surface area contributed by atoms with Gasteiger partial charge in [0.15, 0.2) is 17.2 Å². The first-order valence-electron chi connectivity index (χ1n) is 10.9. The molecule has 178 valence electrons. The zero-order valence-electron chi connectivity index (χ0n) is 18.3. The fraction of sp³-hybridized carbons (Fsp3) is 0.727. The SMILES string of the molecule is C[C@@H]1C[C@@H]2[C@@H]3CCC4=CC(=O)C=C[C@@]4(C)[C@@]3(F)[C@@H](O)C[C@@]2(C)[C@]1(O)C(=O)COP(=O)(O)O. The smallest absolute Gasteiger partial charge is 0.390 e. The number of ketones is 2. The fourth-order valence-corrected chi connectivity index (χ4v) is 7.68. The normalized spacial score (nSPS) is 48.0. The molecule has 0 aromatic carbocycles. The van der Waals surface area contributed by atoms with E-state index < -0.39 is 66.2 Å². The first-order chi connectivity index (χ1) is 14.6. The molecule has 0 saturated heterocycles. The molecule has 0 radical (unpaired) electrons. The van der Waals surface area contributed by atoms with Crippen LogP contribution in [0.2, 0.25) is 0 Å². The first-order valence-corrected chi connectivity index (χ1v) is 12.4. The molecule has 0 bridgehead atoms. The lowest BCUT2D eigenvalue weighted by atomic mass is 9.44. The van der Waals surface area contributed by atoms with Crippen LogP contribution in [0.15, 0.2) is 23.8 Å². The molecule has 3 fully saturated rings. The predicted molar refractivity (Wildman–Crippen MR) is 111 cm³/mol. The number of aliphatic hydroxyl groups excluding tert-OH is 1. The highest BCUT2D eigenvalue weighted by molar-refractivity contribution is 7.46. The van der Waals surface area contributed by atoms with E-state index in [4.69, 9.17) is 9.79 Å². The molecule has 10 heteroatoms. The molecule has 0 spiro atoms. The van der Waals surface area contributed by atoms with Crippen LogP contribution in [0.25, 0.3) is 0 Å². The number of rotatable bonds is 4. The second kappa shape index (κ2) is 7.14. The molecule has 8 atom stereocenters. The molecule has 0 amide bonds. The molecule has 8 nitrogen and oxygen atoms in total. The minimum absolute atomic E-state index is 0.211. The van der Waals surface area contributed by atoms with Gasteiger partial charge in [-0.25, -0.2) is 8.96 Å². The van der Waals surface area contributed by atoms with Gasteiger partial charge in [-0.3, -0.25) is 14.1 Å². The standard InChI is InChI=1S/C22H30FO8P/c1-12-8-16-15-5-4-13-9-14(24)6-7-19(13,2)21(15,23)17(25)10-20(16,3)22(12,27)18(26)11-31-32(28,29)30/h6-7,9,12,15-17,25,27H,4-5,8,10-11H2,1-3H3,(H2,28,29,30)/t12-,15+,16-,17+,19-,20-,21+,22-/m1/s1. The van der Waals surface area contributed by atoms with Gasteiger partial charge in [0, 0.05) is 16.7 Å². The molecule has 32 heavy (non-hydrogen) atoms. The number of allylic oxidation sites excluding steroid dienone is 4. The summed E-state index contributed by atoms with van der Waals surface area (Å²) >= 11 is 0. The number of phosphoric ester groups is 1. The average Bonchev–Trinajstić information content (AvgIpc) is 2.89. The lowest BCUT2D eigenvalue weighted by Gasteiger charge is -2.62. The maximum absolute atomic E-state index is 17.0. The molecule has 4 N–H and O–H groups in total. The average molecular weight is 472 g/mol. The summed E-state index contributed by atoms with van der Waals surface area (Å²) in [6.07, 6.45) is 3.70. The molecule has 0 unspecified atom stereocenters. The molecule has 0 heterocycles. The minimum Gasteiger partial charge on any atom is -0.390 e. The van der Waals surface area contributed by atoms with Gasteiger partial charge in [-0.15, -0.1) is 0 Å². The van der Waals surface area contributed by atoms with E-state index in [2.05, 4.69) is 4.52 Å². The zero-order valence-corrected chi connectivity index (χ0v) is 19.2. The van der Waals surface area contributed by atoms with Crippen molar-refractivity contribution in [1.29, 1.82) is 0 Å². The number of aliphatic hydroxyl groups is 2. The first kappa shape index (κ1) is 23.9. The molecule has 4 aliphatic rings. The third-order valence-electron chi connectivity index (χ3n) is 9.01. The second-order valence-electron chi connectivity index (χ2n) is 10.4. The van der Waals surface area contributed by atoms with E-state index in [9.17, 15) is 24.4 Å². The maximum Gasteiger partial charge on any atom is 0.470 e. The van der Waals surface area contributed by atoms with Crippen LogP contribution in [0.5, 0.6) is 0 Å². The van der Waals surface area contributed by atoms with E-state index in [-0.39, 0.29) is 12.2 Å². The van der Waals surface area contributed by atoms with Crippen LogP contribution in [-0.2, 0) is 18.7 Å². The third-order valence-corrected chi connectivity index (χ3v) is 9.48. The van der Waals surface area contributed by atoms with Crippen LogP contribution in [0.3, 0.4) is 0 Å². The van der Waals surface area contributed by atoms with Gasteiger partial charge in [0.25, 0.3) is 0 Å². The highest BCUT2D eigenvalue weighted by Gasteiger charge is 2.75. The summed E-state index contributed by atoms with van der Waals surface area (Å²) in [5, 5.41) is 22.8. The van der Waals surface area contributed by atoms with Gasteiger partial charge in [0.2, 0.25) is 0 Å². The number of phosphoric acid groups is 1. The summed E-state index contributed by atoms with van der Waals surface area (Å²) in [5.74, 6) is -2.87. The van der Waals surface area contributed by atoms with Crippen molar-refractivity contribution >= 4 is 19.4 Å². The van der Waals surface area contributed by atoms with Crippen LogP contribution in [0.4, 0.5) is 4.39 Å². The Labute approximate surface area is 185 Å². The molecule has 3 saturated carbocycles. The Kier molecular flexibility index (Phi) is 5.34. The van der Waals surface area contributed by atoms with E-state index in [1.165, 1.54) is 18.2 Å². The van der Waals surface area contributed by atoms with E-state index in [0.717, 1.165) is 0 Å². The van der Waals surface area contributed by atoms with Gasteiger partial charge in [-0.1, -0.05) is 25.5 Å². The Morgan fingerprint density at radius 1 is 1.31 bits per heavy atom. The van der Waals surface area contributed by atoms with Crippen LogP contribution in [0, 0.1) is 28.6 Å². The number of alkyl halides is 1. The predicted octanol–water partition coefficient (Wildman–Crippen LogP) is 2.01. The van der Waals surface area contributed by atoms with Crippen LogP contribution in [0.1, 0.15) is 46.5 Å². The van der Waals surface area contributed by atoms with Gasteiger partial charge in [0.05, 0.1) is 6.10 Å². The summed E-state index contributed by atoms with van der Waals surface area (Å²) in [6.45, 7) is 4.00. The summed E-state index contributed by atoms with van der Waals surface area (Å²) in [4.78, 5) is 42.8. The van der Waals surface area contributed by atoms with E-state index >= 15 is 4.39 Å². The maximum atomic E-state index is 17.0. The van der Waals surface area contributed by atoms with Gasteiger partial charge >= 0.3 is 7.82 Å². The Hall–Kier alpha value is -1.22. The molecule has 0 aliphatic heterocycles. The third kappa shape index (κ3) is 2.95. The van der Waals surface area contributed by atoms with Gasteiger partial charge < -0.3 is 20.0 Å². The van der Waals surface area contributed by atoms with Gasteiger partial charge in [-0.2, -0.15) is 0 Å². The van der Waals surface area contributed by atoms with Crippen molar-refractivity contribution < 1.29 is 43.1 Å². The number of Topliss-reactive ketones (excluding diaryl/α,β-unsaturated/α-hetero) is 1. The van der Waals surface area contributed by atoms with Crippen LogP contribution < -0.4 is 0 Å². The van der Waals surface area contributed by atoms with Crippen molar-refractivity contribution in [2.45, 2.75) is 63.8 Å². The number of carbonyl (C=O) groups excluding carboxylic acids is 2. The lowest BCUT2D eigenvalue weighted by Crippen LogP contribution is -2.69. The van der Waals surface area contributed by atoms with E-state index in [1.807, 2.05) is 0 Å².